The van der Waals surface area contributed by atoms with Crippen LogP contribution < -0.4 is 15.8 Å². The molecule has 2 amide bonds. The molecule has 3 aromatic rings. The zero-order chi connectivity index (χ0) is 30.2. The van der Waals surface area contributed by atoms with Crippen molar-refractivity contribution in [3.05, 3.63) is 86.9 Å². The Morgan fingerprint density at radius 3 is 2.28 bits per heavy atom. The molecule has 3 aromatic carbocycles. The standard InChI is InChI=1S/C35H39BrN4O3/c36-32-21-31(34(43-23-33(38)41)30-6-2-1-5-29(30)32)27-15-19-40(20-16-27)18-4-3-17-39-35(42)28-13-11-26(12-14-28)25-9-7-24(22-37)8-10-25/h7-14,21,27H,1-6,15-20,23H2,(H2,38,41)(H,39,42). The number of piperidine rings is 1. The highest BCUT2D eigenvalue weighted by Gasteiger charge is 2.28. The van der Waals surface area contributed by atoms with Crippen LogP contribution in [0.4, 0.5) is 0 Å². The Morgan fingerprint density at radius 1 is 0.977 bits per heavy atom. The average molecular weight is 644 g/mol. The molecule has 3 N–H and O–H groups in total. The Hall–Kier alpha value is -3.67. The Labute approximate surface area is 262 Å². The molecule has 0 radical (unpaired) electrons. The number of hydrogen-bond acceptors (Lipinski definition) is 5. The predicted octanol–water partition coefficient (Wildman–Crippen LogP) is 6.12. The van der Waals surface area contributed by atoms with Gasteiger partial charge in [0.1, 0.15) is 5.75 Å². The molecule has 2 aliphatic rings. The molecule has 0 unspecified atom stereocenters. The van der Waals surface area contributed by atoms with Crippen molar-refractivity contribution in [1.82, 2.24) is 10.2 Å². The number of primary amides is 1. The van der Waals surface area contributed by atoms with Gasteiger partial charge in [0.2, 0.25) is 0 Å². The SMILES string of the molecule is N#Cc1ccc(-c2ccc(C(=O)NCCCCN3CCC(c4cc(Br)c5c(c4OCC(N)=O)CCCC5)CC3)cc2)cc1. The smallest absolute Gasteiger partial charge is 0.255 e. The van der Waals surface area contributed by atoms with Crippen molar-refractivity contribution < 1.29 is 14.3 Å². The summed E-state index contributed by atoms with van der Waals surface area (Å²) in [5.74, 6) is 0.792. The number of unbranched alkanes of at least 4 members (excludes halogenated alkanes) is 1. The van der Waals surface area contributed by atoms with Crippen LogP contribution >= 0.6 is 15.9 Å². The van der Waals surface area contributed by atoms with Crippen LogP contribution in [0.2, 0.25) is 0 Å². The maximum absolute atomic E-state index is 12.6. The Kier molecular flexibility index (Phi) is 10.5. The first-order valence-electron chi connectivity index (χ1n) is 15.3. The molecule has 43 heavy (non-hydrogen) atoms. The third kappa shape index (κ3) is 7.84. The van der Waals surface area contributed by atoms with E-state index in [0.29, 0.717) is 23.6 Å². The number of nitrogens with one attached hydrogen (secondary N) is 1. The van der Waals surface area contributed by atoms with Gasteiger partial charge in [-0.15, -0.1) is 0 Å². The highest BCUT2D eigenvalue weighted by Crippen LogP contribution is 2.43. The van der Waals surface area contributed by atoms with Gasteiger partial charge in [0.05, 0.1) is 11.6 Å². The van der Waals surface area contributed by atoms with Gasteiger partial charge in [-0.05, 0) is 135 Å². The Balaban J connectivity index is 1.06. The summed E-state index contributed by atoms with van der Waals surface area (Å²) in [6.45, 7) is 3.62. The molecule has 0 atom stereocenters. The van der Waals surface area contributed by atoms with Gasteiger partial charge in [0, 0.05) is 16.6 Å². The van der Waals surface area contributed by atoms with Crippen molar-refractivity contribution in [2.24, 2.45) is 5.73 Å². The molecule has 0 bridgehead atoms. The fourth-order valence-electron chi connectivity index (χ4n) is 6.28. The second kappa shape index (κ2) is 14.7. The van der Waals surface area contributed by atoms with Crippen molar-refractivity contribution in [2.75, 3.05) is 32.8 Å². The first-order valence-corrected chi connectivity index (χ1v) is 16.1. The number of amides is 2. The van der Waals surface area contributed by atoms with E-state index in [2.05, 4.69) is 38.3 Å². The van der Waals surface area contributed by atoms with Crippen molar-refractivity contribution in [3.8, 4) is 22.9 Å². The number of carbonyl (C=O) groups excluding carboxylic acids is 2. The Morgan fingerprint density at radius 2 is 1.63 bits per heavy atom. The zero-order valence-electron chi connectivity index (χ0n) is 24.5. The number of nitrogens with zero attached hydrogens (tertiary/aromatic N) is 2. The van der Waals surface area contributed by atoms with Gasteiger partial charge < -0.3 is 20.7 Å². The lowest BCUT2D eigenvalue weighted by molar-refractivity contribution is -0.120. The first kappa shape index (κ1) is 30.8. The number of rotatable bonds is 11. The largest absolute Gasteiger partial charge is 0.483 e. The van der Waals surface area contributed by atoms with Crippen molar-refractivity contribution in [3.63, 3.8) is 0 Å². The van der Waals surface area contributed by atoms with Crippen LogP contribution in [-0.2, 0) is 17.6 Å². The van der Waals surface area contributed by atoms with Gasteiger partial charge in [-0.2, -0.15) is 5.26 Å². The molecular weight excluding hydrogens is 604 g/mol. The van der Waals surface area contributed by atoms with E-state index in [1.807, 2.05) is 36.4 Å². The molecule has 1 aliphatic carbocycles. The van der Waals surface area contributed by atoms with E-state index in [9.17, 15) is 9.59 Å². The fraction of sp³-hybridized carbons (Fsp3) is 0.400. The van der Waals surface area contributed by atoms with Gasteiger partial charge >= 0.3 is 0 Å². The summed E-state index contributed by atoms with van der Waals surface area (Å²) >= 11 is 3.82. The van der Waals surface area contributed by atoms with Gasteiger partial charge in [-0.25, -0.2) is 0 Å². The fourth-order valence-corrected chi connectivity index (χ4v) is 6.97. The summed E-state index contributed by atoms with van der Waals surface area (Å²) in [6.07, 6.45) is 8.39. The molecule has 1 saturated heterocycles. The zero-order valence-corrected chi connectivity index (χ0v) is 26.1. The minimum atomic E-state index is -0.443. The Bertz CT molecular complexity index is 1470. The minimum Gasteiger partial charge on any atom is -0.483 e. The van der Waals surface area contributed by atoms with E-state index >= 15 is 0 Å². The highest BCUT2D eigenvalue weighted by atomic mass is 79.9. The summed E-state index contributed by atoms with van der Waals surface area (Å²) in [6, 6.07) is 19.4. The van der Waals surface area contributed by atoms with Crippen molar-refractivity contribution >= 4 is 27.7 Å². The van der Waals surface area contributed by atoms with E-state index in [4.69, 9.17) is 15.7 Å². The molecule has 0 aromatic heterocycles. The third-order valence-corrected chi connectivity index (χ3v) is 9.35. The lowest BCUT2D eigenvalue weighted by Crippen LogP contribution is -2.34. The second-order valence-electron chi connectivity index (χ2n) is 11.5. The molecular formula is C35H39BrN4O3. The molecule has 1 fully saturated rings. The number of nitriles is 1. The number of benzene rings is 3. The van der Waals surface area contributed by atoms with Crippen LogP contribution in [-0.4, -0.2) is 49.5 Å². The lowest BCUT2D eigenvalue weighted by atomic mass is 9.83. The number of fused-ring (bicyclic) bond motifs is 1. The normalized spacial score (nSPS) is 15.3. The highest BCUT2D eigenvalue weighted by molar-refractivity contribution is 9.10. The number of ether oxygens (including phenoxy) is 1. The number of halogens is 1. The molecule has 7 nitrogen and oxygen atoms in total. The van der Waals surface area contributed by atoms with Crippen molar-refractivity contribution in [2.45, 2.75) is 57.3 Å². The number of carbonyl (C=O) groups is 2. The van der Waals surface area contributed by atoms with E-state index in [1.165, 1.54) is 23.1 Å². The second-order valence-corrected chi connectivity index (χ2v) is 12.4. The van der Waals surface area contributed by atoms with Gasteiger partial charge in [0.25, 0.3) is 11.8 Å². The molecule has 224 valence electrons. The van der Waals surface area contributed by atoms with Crippen LogP contribution in [0, 0.1) is 11.3 Å². The monoisotopic (exact) mass is 642 g/mol. The van der Waals surface area contributed by atoms with Crippen LogP contribution in [0.15, 0.2) is 59.1 Å². The maximum atomic E-state index is 12.6. The summed E-state index contributed by atoms with van der Waals surface area (Å²) in [4.78, 5) is 26.7. The lowest BCUT2D eigenvalue weighted by Gasteiger charge is -2.34. The minimum absolute atomic E-state index is 0.0576. The van der Waals surface area contributed by atoms with Gasteiger partial charge in [-0.3, -0.25) is 9.59 Å². The van der Waals surface area contributed by atoms with Crippen LogP contribution in [0.1, 0.15) is 77.1 Å². The average Bonchev–Trinajstić information content (AvgIpc) is 3.04. The maximum Gasteiger partial charge on any atom is 0.255 e. The molecule has 0 spiro atoms. The van der Waals surface area contributed by atoms with Crippen LogP contribution in [0.5, 0.6) is 5.75 Å². The molecule has 8 heteroatoms. The topological polar surface area (TPSA) is 108 Å². The van der Waals surface area contributed by atoms with Crippen molar-refractivity contribution in [1.29, 1.82) is 5.26 Å². The molecule has 1 aliphatic heterocycles. The molecule has 5 rings (SSSR count). The first-order chi connectivity index (χ1) is 20.9. The summed E-state index contributed by atoms with van der Waals surface area (Å²) in [5.41, 5.74) is 12.5. The third-order valence-electron chi connectivity index (χ3n) is 8.64. The van der Waals surface area contributed by atoms with E-state index in [1.54, 1.807) is 12.1 Å². The number of hydrogen-bond donors (Lipinski definition) is 2. The molecule has 0 saturated carbocycles. The molecule has 1 heterocycles. The summed E-state index contributed by atoms with van der Waals surface area (Å²) in [7, 11) is 0. The van der Waals surface area contributed by atoms with E-state index in [-0.39, 0.29) is 12.5 Å². The van der Waals surface area contributed by atoms with Gasteiger partial charge in [0.15, 0.2) is 6.61 Å². The summed E-state index contributed by atoms with van der Waals surface area (Å²) < 4.78 is 7.22. The van der Waals surface area contributed by atoms with E-state index in [0.717, 1.165) is 85.9 Å². The van der Waals surface area contributed by atoms with E-state index < -0.39 is 5.91 Å². The van der Waals surface area contributed by atoms with Crippen LogP contribution in [0.3, 0.4) is 0 Å². The van der Waals surface area contributed by atoms with Gasteiger partial charge in [-0.1, -0.05) is 40.2 Å². The number of nitrogens with two attached hydrogens (primary N) is 1. The van der Waals surface area contributed by atoms with Crippen LogP contribution in [0.25, 0.3) is 11.1 Å². The predicted molar refractivity (Wildman–Crippen MR) is 172 cm³/mol. The summed E-state index contributed by atoms with van der Waals surface area (Å²) in [5, 5.41) is 12.0. The quantitative estimate of drug-likeness (QED) is 0.245. The number of likely N-dealkylation sites (tertiary alicyclic amines) is 1.